The highest BCUT2D eigenvalue weighted by molar-refractivity contribution is 6.01. The molecule has 1 aromatic heterocycles. The third kappa shape index (κ3) is 3.74. The molecule has 0 saturated carbocycles. The summed E-state index contributed by atoms with van der Waals surface area (Å²) in [5.41, 5.74) is 1.15. The second-order valence-corrected chi connectivity index (χ2v) is 3.92. The molecule has 0 bridgehead atoms. The smallest absolute Gasteiger partial charge is 0.270 e. The second-order valence-electron chi connectivity index (χ2n) is 3.92. The van der Waals surface area contributed by atoms with Crippen LogP contribution >= 0.6 is 0 Å². The van der Waals surface area contributed by atoms with E-state index >= 15 is 0 Å². The van der Waals surface area contributed by atoms with Crippen LogP contribution in [-0.2, 0) is 4.79 Å². The van der Waals surface area contributed by atoms with Gasteiger partial charge in [-0.15, -0.1) is 0 Å². The first-order valence-corrected chi connectivity index (χ1v) is 5.79. The Morgan fingerprint density at radius 3 is 2.85 bits per heavy atom. The summed E-state index contributed by atoms with van der Waals surface area (Å²) in [6.45, 7) is 0. The molecule has 1 amide bonds. The highest BCUT2D eigenvalue weighted by Crippen LogP contribution is 2.14. The van der Waals surface area contributed by atoms with Crippen LogP contribution in [0.25, 0.3) is 6.08 Å². The van der Waals surface area contributed by atoms with Gasteiger partial charge in [-0.2, -0.15) is 0 Å². The van der Waals surface area contributed by atoms with Crippen molar-refractivity contribution < 1.29 is 9.72 Å². The van der Waals surface area contributed by atoms with Crippen LogP contribution in [0.3, 0.4) is 0 Å². The van der Waals surface area contributed by atoms with Crippen LogP contribution in [0.4, 0.5) is 11.4 Å². The van der Waals surface area contributed by atoms with Gasteiger partial charge in [-0.1, -0.05) is 12.1 Å². The number of amides is 1. The maximum Gasteiger partial charge on any atom is 0.270 e. The molecule has 0 saturated heterocycles. The summed E-state index contributed by atoms with van der Waals surface area (Å²) in [6, 6.07) is 9.46. The predicted octanol–water partition coefficient (Wildman–Crippen LogP) is 2.64. The highest BCUT2D eigenvalue weighted by atomic mass is 16.6. The Balaban J connectivity index is 2.04. The molecule has 6 heteroatoms. The van der Waals surface area contributed by atoms with Gasteiger partial charge < -0.3 is 5.32 Å². The normalized spacial score (nSPS) is 10.4. The fourth-order valence-electron chi connectivity index (χ4n) is 1.53. The van der Waals surface area contributed by atoms with Crippen molar-refractivity contribution in [3.63, 3.8) is 0 Å². The lowest BCUT2D eigenvalue weighted by molar-refractivity contribution is -0.384. The zero-order chi connectivity index (χ0) is 14.4. The number of aromatic nitrogens is 1. The van der Waals surface area contributed by atoms with Gasteiger partial charge in [0.1, 0.15) is 0 Å². The van der Waals surface area contributed by atoms with Crippen molar-refractivity contribution in [1.29, 1.82) is 0 Å². The second kappa shape index (κ2) is 6.24. The average Bonchev–Trinajstić information content (AvgIpc) is 2.46. The van der Waals surface area contributed by atoms with Crippen molar-refractivity contribution in [1.82, 2.24) is 4.98 Å². The maximum absolute atomic E-state index is 11.6. The highest BCUT2D eigenvalue weighted by Gasteiger charge is 2.04. The molecule has 0 fully saturated rings. The minimum atomic E-state index is -0.479. The molecule has 0 aliphatic carbocycles. The lowest BCUT2D eigenvalue weighted by atomic mass is 10.2. The van der Waals surface area contributed by atoms with E-state index in [0.717, 1.165) is 0 Å². The summed E-state index contributed by atoms with van der Waals surface area (Å²) in [4.78, 5) is 25.7. The third-order valence-electron chi connectivity index (χ3n) is 2.44. The van der Waals surface area contributed by atoms with Crippen molar-refractivity contribution in [3.8, 4) is 0 Å². The standard InChI is InChI=1S/C14H11N3O3/c18-14(16-12-4-2-8-15-10-12)7-6-11-3-1-5-13(9-11)17(19)20/h1-10H,(H,16,18)/b7-6+. The molecule has 0 aliphatic heterocycles. The molecular weight excluding hydrogens is 258 g/mol. The number of hydrogen-bond donors (Lipinski definition) is 1. The van der Waals surface area contributed by atoms with Gasteiger partial charge in [0.05, 0.1) is 16.8 Å². The lowest BCUT2D eigenvalue weighted by Crippen LogP contribution is -2.07. The number of carbonyl (C=O) groups is 1. The van der Waals surface area contributed by atoms with Gasteiger partial charge in [0.15, 0.2) is 0 Å². The maximum atomic E-state index is 11.6. The van der Waals surface area contributed by atoms with Crippen LogP contribution in [0, 0.1) is 10.1 Å². The lowest BCUT2D eigenvalue weighted by Gasteiger charge is -2.00. The van der Waals surface area contributed by atoms with Crippen molar-refractivity contribution in [2.75, 3.05) is 5.32 Å². The fraction of sp³-hybridized carbons (Fsp3) is 0. The molecule has 2 aromatic rings. The average molecular weight is 269 g/mol. The van der Waals surface area contributed by atoms with Crippen LogP contribution in [0.2, 0.25) is 0 Å². The quantitative estimate of drug-likeness (QED) is 0.525. The van der Waals surface area contributed by atoms with E-state index in [4.69, 9.17) is 0 Å². The van der Waals surface area contributed by atoms with Crippen LogP contribution in [0.5, 0.6) is 0 Å². The minimum Gasteiger partial charge on any atom is -0.321 e. The van der Waals surface area contributed by atoms with E-state index in [2.05, 4.69) is 10.3 Å². The first-order chi connectivity index (χ1) is 9.65. The number of anilines is 1. The number of hydrogen-bond acceptors (Lipinski definition) is 4. The van der Waals surface area contributed by atoms with Gasteiger partial charge in [0.25, 0.3) is 5.69 Å². The molecule has 100 valence electrons. The first kappa shape index (κ1) is 13.4. The van der Waals surface area contributed by atoms with Gasteiger partial charge in [-0.3, -0.25) is 19.9 Å². The molecule has 1 aromatic carbocycles. The SMILES string of the molecule is O=C(/C=C/c1cccc([N+](=O)[O-])c1)Nc1cccnc1. The number of pyridine rings is 1. The van der Waals surface area contributed by atoms with Crippen molar-refractivity contribution in [2.45, 2.75) is 0 Å². The molecule has 1 heterocycles. The Kier molecular flexibility index (Phi) is 4.18. The molecule has 20 heavy (non-hydrogen) atoms. The number of rotatable bonds is 4. The van der Waals surface area contributed by atoms with Crippen molar-refractivity contribution >= 4 is 23.4 Å². The third-order valence-corrected chi connectivity index (χ3v) is 2.44. The summed E-state index contributed by atoms with van der Waals surface area (Å²) < 4.78 is 0. The largest absolute Gasteiger partial charge is 0.321 e. The van der Waals surface area contributed by atoms with Gasteiger partial charge in [-0.05, 0) is 23.8 Å². The number of nitrogens with zero attached hydrogens (tertiary/aromatic N) is 2. The Labute approximate surface area is 114 Å². The topological polar surface area (TPSA) is 85.1 Å². The Bertz CT molecular complexity index is 654. The van der Waals surface area contributed by atoms with Crippen LogP contribution < -0.4 is 5.32 Å². The number of nitro groups is 1. The number of benzene rings is 1. The molecule has 0 unspecified atom stereocenters. The molecule has 1 N–H and O–H groups in total. The molecule has 6 nitrogen and oxygen atoms in total. The number of non-ortho nitro benzene ring substituents is 1. The predicted molar refractivity (Wildman–Crippen MR) is 75.0 cm³/mol. The van der Waals surface area contributed by atoms with E-state index in [1.165, 1.54) is 30.5 Å². The molecule has 0 spiro atoms. The van der Waals surface area contributed by atoms with Gasteiger partial charge in [0, 0.05) is 24.4 Å². The Morgan fingerprint density at radius 1 is 1.30 bits per heavy atom. The fourth-order valence-corrected chi connectivity index (χ4v) is 1.53. The summed E-state index contributed by atoms with van der Waals surface area (Å²) in [6.07, 6.45) is 5.96. The number of carbonyl (C=O) groups excluding carboxylic acids is 1. The van der Waals surface area contributed by atoms with Crippen LogP contribution in [-0.4, -0.2) is 15.8 Å². The zero-order valence-electron chi connectivity index (χ0n) is 10.4. The van der Waals surface area contributed by atoms with Gasteiger partial charge in [0.2, 0.25) is 5.91 Å². The molecule has 0 aliphatic rings. The molecule has 0 radical (unpaired) electrons. The summed E-state index contributed by atoms with van der Waals surface area (Å²) >= 11 is 0. The van der Waals surface area contributed by atoms with E-state index in [1.807, 2.05) is 0 Å². The van der Waals surface area contributed by atoms with Gasteiger partial charge >= 0.3 is 0 Å². The molecule has 0 atom stereocenters. The Morgan fingerprint density at radius 2 is 2.15 bits per heavy atom. The molecule has 2 rings (SSSR count). The van der Waals surface area contributed by atoms with Crippen LogP contribution in [0.1, 0.15) is 5.56 Å². The Hall–Kier alpha value is -3.02. The van der Waals surface area contributed by atoms with E-state index in [0.29, 0.717) is 11.3 Å². The number of nitrogens with one attached hydrogen (secondary N) is 1. The van der Waals surface area contributed by atoms with Crippen LogP contribution in [0.15, 0.2) is 54.9 Å². The van der Waals surface area contributed by atoms with E-state index in [1.54, 1.807) is 30.5 Å². The summed E-state index contributed by atoms with van der Waals surface area (Å²) in [7, 11) is 0. The monoisotopic (exact) mass is 269 g/mol. The molecular formula is C14H11N3O3. The summed E-state index contributed by atoms with van der Waals surface area (Å²) in [5.74, 6) is -0.329. The van der Waals surface area contributed by atoms with E-state index in [9.17, 15) is 14.9 Å². The first-order valence-electron chi connectivity index (χ1n) is 5.79. The van der Waals surface area contributed by atoms with E-state index < -0.39 is 4.92 Å². The van der Waals surface area contributed by atoms with Gasteiger partial charge in [-0.25, -0.2) is 0 Å². The number of nitro benzene ring substituents is 1. The zero-order valence-corrected chi connectivity index (χ0v) is 10.4. The minimum absolute atomic E-state index is 0.0141. The van der Waals surface area contributed by atoms with E-state index in [-0.39, 0.29) is 11.6 Å². The van der Waals surface area contributed by atoms with Crippen molar-refractivity contribution in [3.05, 3.63) is 70.5 Å². The summed E-state index contributed by atoms with van der Waals surface area (Å²) in [5, 5.41) is 13.3. The van der Waals surface area contributed by atoms with Crippen molar-refractivity contribution in [2.24, 2.45) is 0 Å².